The van der Waals surface area contributed by atoms with Crippen molar-refractivity contribution < 1.29 is 0 Å². The zero-order valence-electron chi connectivity index (χ0n) is 6.16. The number of nitrogens with two attached hydrogens (primary N) is 1. The quantitative estimate of drug-likeness (QED) is 0.617. The molecule has 0 aromatic heterocycles. The third-order valence-electron chi connectivity index (χ3n) is 0.667. The van der Waals surface area contributed by atoms with Crippen molar-refractivity contribution >= 4 is 12.4 Å². The van der Waals surface area contributed by atoms with E-state index in [4.69, 9.17) is 5.73 Å². The number of rotatable bonds is 0. The first-order valence-corrected chi connectivity index (χ1v) is 3.12. The first-order chi connectivity index (χ1) is 4.41. The summed E-state index contributed by atoms with van der Waals surface area (Å²) in [5, 5.41) is 0. The van der Waals surface area contributed by atoms with Crippen molar-refractivity contribution in [3.63, 3.8) is 0 Å². The molecule has 0 saturated carbocycles. The molecule has 0 aliphatic heterocycles. The van der Waals surface area contributed by atoms with Crippen LogP contribution in [0, 0.1) is 0 Å². The zero-order valence-corrected chi connectivity index (χ0v) is 6.97. The Morgan fingerprint density at radius 1 is 0.900 bits per heavy atom. The molecule has 1 aromatic rings. The average Bonchev–Trinajstić information content (AvgIpc) is 1.93. The van der Waals surface area contributed by atoms with Gasteiger partial charge in [-0.3, -0.25) is 0 Å². The van der Waals surface area contributed by atoms with Gasteiger partial charge in [0, 0.05) is 0 Å². The van der Waals surface area contributed by atoms with Crippen LogP contribution in [0.25, 0.3) is 0 Å². The van der Waals surface area contributed by atoms with Crippen LogP contribution in [0.15, 0.2) is 36.4 Å². The van der Waals surface area contributed by atoms with Gasteiger partial charge in [0.25, 0.3) is 0 Å². The van der Waals surface area contributed by atoms with Crippen molar-refractivity contribution in [3.05, 3.63) is 36.4 Å². The molecule has 0 heterocycles. The Morgan fingerprint density at radius 2 is 1.00 bits per heavy atom. The van der Waals surface area contributed by atoms with Crippen LogP contribution in [0.4, 0.5) is 0 Å². The Bertz CT molecular complexity index is 92.1. The largest absolute Gasteiger partial charge is 0.331 e. The van der Waals surface area contributed by atoms with E-state index < -0.39 is 0 Å². The van der Waals surface area contributed by atoms with Gasteiger partial charge in [-0.1, -0.05) is 43.3 Å². The number of benzene rings is 1. The molecule has 0 saturated heterocycles. The normalized spacial score (nSPS) is 6.60. The maximum atomic E-state index is 4.85. The van der Waals surface area contributed by atoms with Crippen molar-refractivity contribution in [2.24, 2.45) is 5.73 Å². The average molecular weight is 160 g/mol. The minimum Gasteiger partial charge on any atom is -0.331 e. The molecule has 1 rings (SSSR count). The molecular formula is C8H14ClN. The van der Waals surface area contributed by atoms with Gasteiger partial charge < -0.3 is 5.73 Å². The van der Waals surface area contributed by atoms with Crippen LogP contribution in [0.3, 0.4) is 0 Å². The fraction of sp³-hybridized carbons (Fsp3) is 0.250. The summed E-state index contributed by atoms with van der Waals surface area (Å²) in [6.45, 7) is 2.65. The summed E-state index contributed by atoms with van der Waals surface area (Å²) in [7, 11) is 0. The highest BCUT2D eigenvalue weighted by Crippen LogP contribution is 1.79. The first kappa shape index (κ1) is 12.2. The Hall–Kier alpha value is -0.530. The lowest BCUT2D eigenvalue weighted by Crippen LogP contribution is -1.87. The van der Waals surface area contributed by atoms with Gasteiger partial charge in [-0.05, 0) is 6.54 Å². The van der Waals surface area contributed by atoms with Crippen LogP contribution in [-0.2, 0) is 0 Å². The highest BCUT2D eigenvalue weighted by molar-refractivity contribution is 5.85. The zero-order chi connectivity index (χ0) is 6.95. The minimum absolute atomic E-state index is 0. The summed E-state index contributed by atoms with van der Waals surface area (Å²) in [6.07, 6.45) is 0. The third-order valence-corrected chi connectivity index (χ3v) is 0.667. The number of hydrogen-bond acceptors (Lipinski definition) is 1. The molecular weight excluding hydrogens is 146 g/mol. The first-order valence-electron chi connectivity index (χ1n) is 3.12. The SMILES string of the molecule is CCN.Cl.c1ccccc1. The van der Waals surface area contributed by atoms with Gasteiger partial charge in [0.15, 0.2) is 0 Å². The Labute approximate surface area is 68.7 Å². The monoisotopic (exact) mass is 159 g/mol. The minimum atomic E-state index is 0. The van der Waals surface area contributed by atoms with Gasteiger partial charge in [0.2, 0.25) is 0 Å². The van der Waals surface area contributed by atoms with E-state index in [2.05, 4.69) is 0 Å². The predicted octanol–water partition coefficient (Wildman–Crippen LogP) is 2.07. The van der Waals surface area contributed by atoms with Gasteiger partial charge in [-0.2, -0.15) is 0 Å². The lowest BCUT2D eigenvalue weighted by atomic mass is 10.4. The van der Waals surface area contributed by atoms with E-state index in [9.17, 15) is 0 Å². The highest BCUT2D eigenvalue weighted by Gasteiger charge is 1.57. The molecule has 1 nitrogen and oxygen atoms in total. The summed E-state index contributed by atoms with van der Waals surface area (Å²) >= 11 is 0. The summed E-state index contributed by atoms with van der Waals surface area (Å²) in [6, 6.07) is 12.0. The summed E-state index contributed by atoms with van der Waals surface area (Å²) < 4.78 is 0. The summed E-state index contributed by atoms with van der Waals surface area (Å²) in [4.78, 5) is 0. The van der Waals surface area contributed by atoms with Gasteiger partial charge in [0.05, 0.1) is 0 Å². The van der Waals surface area contributed by atoms with Gasteiger partial charge in [-0.25, -0.2) is 0 Å². The van der Waals surface area contributed by atoms with Gasteiger partial charge in [0.1, 0.15) is 0 Å². The van der Waals surface area contributed by atoms with E-state index in [1.807, 2.05) is 43.3 Å². The van der Waals surface area contributed by atoms with Crippen molar-refractivity contribution in [2.75, 3.05) is 6.54 Å². The lowest BCUT2D eigenvalue weighted by Gasteiger charge is -1.69. The second-order valence-electron chi connectivity index (χ2n) is 1.56. The second kappa shape index (κ2) is 11.3. The highest BCUT2D eigenvalue weighted by atomic mass is 35.5. The van der Waals surface area contributed by atoms with E-state index in [1.54, 1.807) is 0 Å². The molecule has 0 unspecified atom stereocenters. The van der Waals surface area contributed by atoms with Crippen LogP contribution < -0.4 is 5.73 Å². The van der Waals surface area contributed by atoms with Crippen molar-refractivity contribution in [1.29, 1.82) is 0 Å². The van der Waals surface area contributed by atoms with E-state index in [0.29, 0.717) is 0 Å². The van der Waals surface area contributed by atoms with E-state index in [0.717, 1.165) is 6.54 Å². The second-order valence-corrected chi connectivity index (χ2v) is 1.56. The van der Waals surface area contributed by atoms with E-state index in [1.165, 1.54) is 0 Å². The maximum Gasteiger partial charge on any atom is -0.0106 e. The van der Waals surface area contributed by atoms with Crippen molar-refractivity contribution in [3.8, 4) is 0 Å². The smallest absolute Gasteiger partial charge is 0.0106 e. The molecule has 0 amide bonds. The topological polar surface area (TPSA) is 26.0 Å². The molecule has 0 radical (unpaired) electrons. The molecule has 2 N–H and O–H groups in total. The van der Waals surface area contributed by atoms with E-state index >= 15 is 0 Å². The summed E-state index contributed by atoms with van der Waals surface area (Å²) in [5.74, 6) is 0. The van der Waals surface area contributed by atoms with Crippen LogP contribution in [-0.4, -0.2) is 6.54 Å². The number of hydrogen-bond donors (Lipinski definition) is 1. The molecule has 0 atom stereocenters. The standard InChI is InChI=1S/C6H6.C2H7N.ClH/c1-2-4-6-5-3-1;1-2-3;/h1-6H;2-3H2,1H3;1H. The third kappa shape index (κ3) is 10.5. The van der Waals surface area contributed by atoms with Crippen LogP contribution in [0.1, 0.15) is 6.92 Å². The Balaban J connectivity index is 0. The van der Waals surface area contributed by atoms with Crippen LogP contribution in [0.5, 0.6) is 0 Å². The summed E-state index contributed by atoms with van der Waals surface area (Å²) in [5.41, 5.74) is 4.85. The van der Waals surface area contributed by atoms with Crippen molar-refractivity contribution in [2.45, 2.75) is 6.92 Å². The predicted molar refractivity (Wildman–Crippen MR) is 48.4 cm³/mol. The van der Waals surface area contributed by atoms with Gasteiger partial charge >= 0.3 is 0 Å². The molecule has 2 heteroatoms. The molecule has 0 spiro atoms. The van der Waals surface area contributed by atoms with Crippen molar-refractivity contribution in [1.82, 2.24) is 0 Å². The van der Waals surface area contributed by atoms with E-state index in [-0.39, 0.29) is 12.4 Å². The molecule has 0 aliphatic rings. The molecule has 0 fully saturated rings. The maximum absolute atomic E-state index is 4.85. The molecule has 58 valence electrons. The van der Waals surface area contributed by atoms with Crippen LogP contribution >= 0.6 is 12.4 Å². The Morgan fingerprint density at radius 3 is 1.10 bits per heavy atom. The molecule has 0 bridgehead atoms. The van der Waals surface area contributed by atoms with Gasteiger partial charge in [-0.15, -0.1) is 12.4 Å². The fourth-order valence-corrected chi connectivity index (χ4v) is 0.385. The fourth-order valence-electron chi connectivity index (χ4n) is 0.385. The van der Waals surface area contributed by atoms with Crippen LogP contribution in [0.2, 0.25) is 0 Å². The Kier molecular flexibility index (Phi) is 13.7. The molecule has 0 aliphatic carbocycles. The molecule has 10 heavy (non-hydrogen) atoms. The lowest BCUT2D eigenvalue weighted by molar-refractivity contribution is 1.14. The molecule has 1 aromatic carbocycles. The number of halogens is 1.